The van der Waals surface area contributed by atoms with Gasteiger partial charge < -0.3 is 14.6 Å². The summed E-state index contributed by atoms with van der Waals surface area (Å²) in [5, 5.41) is 4.65. The highest BCUT2D eigenvalue weighted by Crippen LogP contribution is 2.25. The summed E-state index contributed by atoms with van der Waals surface area (Å²) in [4.78, 5) is 25.8. The van der Waals surface area contributed by atoms with E-state index in [2.05, 4.69) is 5.32 Å². The van der Waals surface area contributed by atoms with E-state index < -0.39 is 0 Å². The lowest BCUT2D eigenvalue weighted by atomic mass is 10.00. The molecule has 0 spiro atoms. The molecule has 1 fully saturated rings. The van der Waals surface area contributed by atoms with Gasteiger partial charge in [0, 0.05) is 42.4 Å². The Morgan fingerprint density at radius 3 is 2.69 bits per heavy atom. The van der Waals surface area contributed by atoms with Gasteiger partial charge in [-0.15, -0.1) is 0 Å². The molecule has 29 heavy (non-hydrogen) atoms. The van der Waals surface area contributed by atoms with Crippen LogP contribution in [0.1, 0.15) is 28.8 Å². The van der Waals surface area contributed by atoms with Crippen molar-refractivity contribution in [2.24, 2.45) is 5.92 Å². The number of aromatic nitrogens is 1. The molecule has 0 aliphatic carbocycles. The van der Waals surface area contributed by atoms with E-state index in [1.165, 1.54) is 0 Å². The summed E-state index contributed by atoms with van der Waals surface area (Å²) in [5.41, 5.74) is 1.81. The first-order chi connectivity index (χ1) is 14.0. The molecule has 1 aromatic heterocycles. The van der Waals surface area contributed by atoms with Gasteiger partial charge in [0.05, 0.1) is 10.6 Å². The molecule has 2 heterocycles. The smallest absolute Gasteiger partial charge is 0.258 e. The minimum absolute atomic E-state index is 0.0429. The number of hydrogen-bond acceptors (Lipinski definition) is 3. The van der Waals surface area contributed by atoms with Crippen LogP contribution >= 0.6 is 11.6 Å². The van der Waals surface area contributed by atoms with Crippen molar-refractivity contribution in [3.8, 4) is 0 Å². The minimum Gasteiger partial charge on any atom is -0.381 e. The minimum atomic E-state index is -0.294. The summed E-state index contributed by atoms with van der Waals surface area (Å²) >= 11 is 6.29. The summed E-state index contributed by atoms with van der Waals surface area (Å²) in [7, 11) is 0. The number of rotatable bonds is 4. The number of pyridine rings is 1. The lowest BCUT2D eigenvalue weighted by molar-refractivity contribution is 0.0610. The molecule has 0 unspecified atom stereocenters. The summed E-state index contributed by atoms with van der Waals surface area (Å²) in [6.45, 7) is 4.06. The van der Waals surface area contributed by atoms with Crippen LogP contribution in [0.25, 0.3) is 10.8 Å². The molecule has 0 radical (unpaired) electrons. The maximum absolute atomic E-state index is 13.0. The molecule has 0 bridgehead atoms. The average Bonchev–Trinajstić information content (AvgIpc) is 2.73. The Morgan fingerprint density at radius 2 is 1.90 bits per heavy atom. The van der Waals surface area contributed by atoms with Gasteiger partial charge in [-0.25, -0.2) is 0 Å². The van der Waals surface area contributed by atoms with Crippen molar-refractivity contribution >= 4 is 34.0 Å². The van der Waals surface area contributed by atoms with Crippen LogP contribution in [-0.4, -0.2) is 23.7 Å². The van der Waals surface area contributed by atoms with Crippen molar-refractivity contribution in [2.45, 2.75) is 26.3 Å². The number of fused-ring (bicyclic) bond motifs is 1. The van der Waals surface area contributed by atoms with Crippen LogP contribution in [0.2, 0.25) is 5.02 Å². The van der Waals surface area contributed by atoms with Gasteiger partial charge in [0.15, 0.2) is 0 Å². The molecule has 6 heteroatoms. The van der Waals surface area contributed by atoms with Crippen molar-refractivity contribution in [1.82, 2.24) is 4.57 Å². The van der Waals surface area contributed by atoms with Gasteiger partial charge in [0.25, 0.3) is 11.5 Å². The second-order valence-electron chi connectivity index (χ2n) is 7.49. The van der Waals surface area contributed by atoms with Crippen LogP contribution in [0.3, 0.4) is 0 Å². The molecule has 1 aliphatic heterocycles. The maximum Gasteiger partial charge on any atom is 0.258 e. The van der Waals surface area contributed by atoms with E-state index in [0.29, 0.717) is 34.1 Å². The summed E-state index contributed by atoms with van der Waals surface area (Å²) in [6.07, 6.45) is 3.76. The van der Waals surface area contributed by atoms with E-state index >= 15 is 0 Å². The van der Waals surface area contributed by atoms with Gasteiger partial charge in [-0.3, -0.25) is 9.59 Å². The van der Waals surface area contributed by atoms with Crippen molar-refractivity contribution < 1.29 is 9.53 Å². The molecule has 1 saturated heterocycles. The Morgan fingerprint density at radius 1 is 1.14 bits per heavy atom. The van der Waals surface area contributed by atoms with E-state index in [9.17, 15) is 9.59 Å². The third-order valence-corrected chi connectivity index (χ3v) is 6.00. The Bertz CT molecular complexity index is 1120. The lowest BCUT2D eigenvalue weighted by Crippen LogP contribution is -2.27. The van der Waals surface area contributed by atoms with Crippen LogP contribution in [0.15, 0.2) is 53.5 Å². The zero-order chi connectivity index (χ0) is 20.4. The zero-order valence-corrected chi connectivity index (χ0v) is 17.0. The fraction of sp³-hybridized carbons (Fsp3) is 0.304. The highest BCUT2D eigenvalue weighted by Gasteiger charge is 2.17. The third-order valence-electron chi connectivity index (χ3n) is 5.50. The highest BCUT2D eigenvalue weighted by molar-refractivity contribution is 6.35. The first kappa shape index (κ1) is 19.7. The van der Waals surface area contributed by atoms with Gasteiger partial charge in [0.1, 0.15) is 0 Å². The topological polar surface area (TPSA) is 60.3 Å². The van der Waals surface area contributed by atoms with Crippen LogP contribution in [-0.2, 0) is 11.3 Å². The number of halogens is 1. The summed E-state index contributed by atoms with van der Waals surface area (Å²) in [6, 6.07) is 12.6. The molecule has 5 nitrogen and oxygen atoms in total. The number of nitrogens with one attached hydrogen (secondary N) is 1. The number of benzene rings is 2. The number of amides is 1. The van der Waals surface area contributed by atoms with Crippen molar-refractivity contribution in [1.29, 1.82) is 0 Å². The molecule has 3 aromatic rings. The molecular weight excluding hydrogens is 388 g/mol. The largest absolute Gasteiger partial charge is 0.381 e. The van der Waals surface area contributed by atoms with Crippen molar-refractivity contribution in [2.75, 3.05) is 18.5 Å². The first-order valence-corrected chi connectivity index (χ1v) is 10.2. The normalized spacial score (nSPS) is 14.8. The third kappa shape index (κ3) is 4.07. The first-order valence-electron chi connectivity index (χ1n) is 9.81. The Balaban J connectivity index is 1.64. The standard InChI is InChI=1S/C23H23ClN2O3/c1-15-4-2-6-19(21(15)24)22(27)25-20-7-3-5-18-17(20)8-11-26(23(18)28)14-16-9-12-29-13-10-16/h2-8,11,16H,9-10,12-14H2,1H3,(H,25,27). The number of carbonyl (C=O) groups is 1. The summed E-state index contributed by atoms with van der Waals surface area (Å²) < 4.78 is 7.17. The number of aryl methyl sites for hydroxylation is 1. The van der Waals surface area contributed by atoms with E-state index in [1.54, 1.807) is 34.9 Å². The van der Waals surface area contributed by atoms with E-state index in [4.69, 9.17) is 16.3 Å². The SMILES string of the molecule is Cc1cccc(C(=O)Nc2cccc3c(=O)n(CC4CCOCC4)ccc23)c1Cl. The van der Waals surface area contributed by atoms with Gasteiger partial charge in [-0.2, -0.15) is 0 Å². The molecular formula is C23H23ClN2O3. The Hall–Kier alpha value is -2.63. The number of hydrogen-bond donors (Lipinski definition) is 1. The molecule has 1 N–H and O–H groups in total. The van der Waals surface area contributed by atoms with Crippen molar-refractivity contribution in [3.05, 3.63) is 75.2 Å². The lowest BCUT2D eigenvalue weighted by Gasteiger charge is -2.23. The number of anilines is 1. The van der Waals surface area contributed by atoms with Crippen molar-refractivity contribution in [3.63, 3.8) is 0 Å². The Labute approximate surface area is 174 Å². The van der Waals surface area contributed by atoms with Gasteiger partial charge >= 0.3 is 0 Å². The van der Waals surface area contributed by atoms with E-state index in [-0.39, 0.29) is 11.5 Å². The van der Waals surface area contributed by atoms with Gasteiger partial charge in [0.2, 0.25) is 0 Å². The molecule has 4 rings (SSSR count). The van der Waals surface area contributed by atoms with Crippen LogP contribution in [0.5, 0.6) is 0 Å². The molecule has 2 aromatic carbocycles. The second-order valence-corrected chi connectivity index (χ2v) is 7.86. The van der Waals surface area contributed by atoms with E-state index in [0.717, 1.165) is 37.0 Å². The van der Waals surface area contributed by atoms with E-state index in [1.807, 2.05) is 25.3 Å². The highest BCUT2D eigenvalue weighted by atomic mass is 35.5. The van der Waals surface area contributed by atoms with Gasteiger partial charge in [-0.05, 0) is 55.5 Å². The molecule has 150 valence electrons. The number of carbonyl (C=O) groups excluding carboxylic acids is 1. The fourth-order valence-corrected chi connectivity index (χ4v) is 4.00. The molecule has 0 atom stereocenters. The predicted molar refractivity (Wildman–Crippen MR) is 116 cm³/mol. The quantitative estimate of drug-likeness (QED) is 0.681. The fourth-order valence-electron chi connectivity index (χ4n) is 3.79. The van der Waals surface area contributed by atoms with Crippen LogP contribution in [0, 0.1) is 12.8 Å². The number of nitrogens with zero attached hydrogens (tertiary/aromatic N) is 1. The Kier molecular flexibility index (Phi) is 5.69. The summed E-state index contributed by atoms with van der Waals surface area (Å²) in [5.74, 6) is 0.155. The monoisotopic (exact) mass is 410 g/mol. The zero-order valence-electron chi connectivity index (χ0n) is 16.3. The maximum atomic E-state index is 13.0. The molecule has 1 aliphatic rings. The predicted octanol–water partition coefficient (Wildman–Crippen LogP) is 4.64. The average molecular weight is 411 g/mol. The second kappa shape index (κ2) is 8.39. The van der Waals surface area contributed by atoms with Gasteiger partial charge in [-0.1, -0.05) is 29.8 Å². The molecule has 1 amide bonds. The van der Waals surface area contributed by atoms with Crippen LogP contribution < -0.4 is 10.9 Å². The molecule has 0 saturated carbocycles. The van der Waals surface area contributed by atoms with Crippen LogP contribution in [0.4, 0.5) is 5.69 Å². The number of ether oxygens (including phenoxy) is 1.